The number of nitrogens with one attached hydrogen (secondary N) is 1. The average molecular weight is 441 g/mol. The Labute approximate surface area is 186 Å². The number of nitrogens with zero attached hydrogens (tertiary/aromatic N) is 3. The summed E-state index contributed by atoms with van der Waals surface area (Å²) in [5.74, 6) is 0.249. The van der Waals surface area contributed by atoms with Crippen molar-refractivity contribution < 1.29 is 14.0 Å². The SMILES string of the molecule is CC(C)CC(=O)NC[C@@H]1CCCc2nc3c(c(=O)n21)CN(C(=O)c1cccc(F)c1)CC3. The van der Waals surface area contributed by atoms with E-state index in [4.69, 9.17) is 4.98 Å². The summed E-state index contributed by atoms with van der Waals surface area (Å²) in [7, 11) is 0. The molecule has 170 valence electrons. The first kappa shape index (κ1) is 22.2. The van der Waals surface area contributed by atoms with Crippen molar-refractivity contribution in [3.05, 3.63) is 63.1 Å². The summed E-state index contributed by atoms with van der Waals surface area (Å²) >= 11 is 0. The van der Waals surface area contributed by atoms with Gasteiger partial charge in [-0.2, -0.15) is 0 Å². The van der Waals surface area contributed by atoms with Crippen LogP contribution in [0.4, 0.5) is 4.39 Å². The van der Waals surface area contributed by atoms with Crippen molar-refractivity contribution >= 4 is 11.8 Å². The van der Waals surface area contributed by atoms with Crippen molar-refractivity contribution in [2.24, 2.45) is 5.92 Å². The molecule has 0 unspecified atom stereocenters. The van der Waals surface area contributed by atoms with Crippen LogP contribution in [-0.4, -0.2) is 39.4 Å². The lowest BCUT2D eigenvalue weighted by Crippen LogP contribution is -2.45. The third kappa shape index (κ3) is 4.59. The van der Waals surface area contributed by atoms with Gasteiger partial charge in [-0.1, -0.05) is 19.9 Å². The minimum atomic E-state index is -0.466. The van der Waals surface area contributed by atoms with Crippen molar-refractivity contribution in [1.29, 1.82) is 0 Å². The first-order chi connectivity index (χ1) is 15.3. The fourth-order valence-electron chi connectivity index (χ4n) is 4.56. The number of hydrogen-bond donors (Lipinski definition) is 1. The summed E-state index contributed by atoms with van der Waals surface area (Å²) in [6, 6.07) is 5.45. The van der Waals surface area contributed by atoms with Crippen LogP contribution in [0.5, 0.6) is 0 Å². The minimum absolute atomic E-state index is 0.0158. The van der Waals surface area contributed by atoms with E-state index < -0.39 is 5.82 Å². The van der Waals surface area contributed by atoms with Gasteiger partial charge in [-0.05, 0) is 37.0 Å². The Hall–Kier alpha value is -3.03. The van der Waals surface area contributed by atoms with Gasteiger partial charge in [-0.15, -0.1) is 0 Å². The van der Waals surface area contributed by atoms with E-state index in [0.717, 1.165) is 30.8 Å². The highest BCUT2D eigenvalue weighted by atomic mass is 19.1. The van der Waals surface area contributed by atoms with E-state index in [1.54, 1.807) is 15.5 Å². The standard InChI is InChI=1S/C24H29FN4O3/c1-15(2)11-22(30)26-13-18-7-4-8-21-27-20-9-10-28(14-19(20)24(32)29(18)21)23(31)16-5-3-6-17(25)12-16/h3,5-6,12,15,18H,4,7-11,13-14H2,1-2H3,(H,26,30)/t18-/m0/s1. The van der Waals surface area contributed by atoms with Crippen LogP contribution in [0.1, 0.15) is 66.6 Å². The highest BCUT2D eigenvalue weighted by Crippen LogP contribution is 2.25. The predicted octanol–water partition coefficient (Wildman–Crippen LogP) is 2.62. The Bertz CT molecular complexity index is 1100. The molecule has 2 amide bonds. The molecule has 3 heterocycles. The van der Waals surface area contributed by atoms with Gasteiger partial charge in [0.15, 0.2) is 0 Å². The van der Waals surface area contributed by atoms with Crippen LogP contribution >= 0.6 is 0 Å². The van der Waals surface area contributed by atoms with Crippen molar-refractivity contribution in [2.45, 2.75) is 58.5 Å². The molecule has 0 fully saturated rings. The second kappa shape index (κ2) is 9.22. The molecule has 2 aliphatic rings. The number of hydrogen-bond acceptors (Lipinski definition) is 4. The molecule has 0 radical (unpaired) electrons. The van der Waals surface area contributed by atoms with Crippen LogP contribution in [0, 0.1) is 11.7 Å². The highest BCUT2D eigenvalue weighted by molar-refractivity contribution is 5.94. The largest absolute Gasteiger partial charge is 0.354 e. The lowest BCUT2D eigenvalue weighted by atomic mass is 10.00. The summed E-state index contributed by atoms with van der Waals surface area (Å²) < 4.78 is 15.3. The van der Waals surface area contributed by atoms with Crippen LogP contribution in [0.15, 0.2) is 29.1 Å². The minimum Gasteiger partial charge on any atom is -0.354 e. The molecule has 1 atom stereocenters. The number of aromatic nitrogens is 2. The summed E-state index contributed by atoms with van der Waals surface area (Å²) in [5.41, 5.74) is 1.40. The van der Waals surface area contributed by atoms with Gasteiger partial charge in [0.25, 0.3) is 11.5 Å². The number of fused-ring (bicyclic) bond motifs is 2. The third-order valence-electron chi connectivity index (χ3n) is 6.13. The number of carbonyl (C=O) groups is 2. The maximum Gasteiger partial charge on any atom is 0.259 e. The van der Waals surface area contributed by atoms with Crippen LogP contribution in [0.25, 0.3) is 0 Å². The molecule has 2 aromatic rings. The van der Waals surface area contributed by atoms with Gasteiger partial charge in [0.1, 0.15) is 11.6 Å². The number of rotatable bonds is 5. The molecule has 1 N–H and O–H groups in total. The van der Waals surface area contributed by atoms with Crippen molar-refractivity contribution in [2.75, 3.05) is 13.1 Å². The molecule has 1 aromatic heterocycles. The van der Waals surface area contributed by atoms with Crippen molar-refractivity contribution in [3.63, 3.8) is 0 Å². The Morgan fingerprint density at radius 1 is 1.28 bits per heavy atom. The molecule has 4 rings (SSSR count). The molecular formula is C24H29FN4O3. The summed E-state index contributed by atoms with van der Waals surface area (Å²) in [6.45, 7) is 4.97. The number of carbonyl (C=O) groups excluding carboxylic acids is 2. The number of aryl methyl sites for hydroxylation is 1. The molecule has 32 heavy (non-hydrogen) atoms. The Morgan fingerprint density at radius 3 is 2.84 bits per heavy atom. The molecule has 0 bridgehead atoms. The maximum atomic E-state index is 13.6. The van der Waals surface area contributed by atoms with E-state index in [-0.39, 0.29) is 41.4 Å². The van der Waals surface area contributed by atoms with E-state index in [1.807, 2.05) is 13.8 Å². The zero-order chi connectivity index (χ0) is 22.8. The first-order valence-corrected chi connectivity index (χ1v) is 11.3. The predicted molar refractivity (Wildman–Crippen MR) is 118 cm³/mol. The van der Waals surface area contributed by atoms with E-state index >= 15 is 0 Å². The maximum absolute atomic E-state index is 13.6. The van der Waals surface area contributed by atoms with E-state index in [0.29, 0.717) is 31.5 Å². The highest BCUT2D eigenvalue weighted by Gasteiger charge is 2.30. The fraction of sp³-hybridized carbons (Fsp3) is 0.500. The summed E-state index contributed by atoms with van der Waals surface area (Å²) in [6.07, 6.45) is 3.38. The Kier molecular flexibility index (Phi) is 6.39. The van der Waals surface area contributed by atoms with Gasteiger partial charge in [-0.3, -0.25) is 19.0 Å². The molecule has 8 heteroatoms. The van der Waals surface area contributed by atoms with Crippen molar-refractivity contribution in [3.8, 4) is 0 Å². The Balaban J connectivity index is 1.57. The fourth-order valence-corrected chi connectivity index (χ4v) is 4.56. The van der Waals surface area contributed by atoms with Crippen LogP contribution < -0.4 is 10.9 Å². The van der Waals surface area contributed by atoms with Gasteiger partial charge in [0.2, 0.25) is 5.91 Å². The first-order valence-electron chi connectivity index (χ1n) is 11.3. The number of benzene rings is 1. The molecule has 7 nitrogen and oxygen atoms in total. The van der Waals surface area contributed by atoms with Gasteiger partial charge < -0.3 is 10.2 Å². The molecule has 0 spiro atoms. The van der Waals surface area contributed by atoms with Crippen LogP contribution in [0.2, 0.25) is 0 Å². The normalized spacial score (nSPS) is 17.6. The number of amides is 2. The topological polar surface area (TPSA) is 84.3 Å². The lowest BCUT2D eigenvalue weighted by molar-refractivity contribution is -0.121. The van der Waals surface area contributed by atoms with Gasteiger partial charge in [-0.25, -0.2) is 9.37 Å². The van der Waals surface area contributed by atoms with Crippen LogP contribution in [0.3, 0.4) is 0 Å². The molecule has 1 aromatic carbocycles. The molecular weight excluding hydrogens is 411 g/mol. The van der Waals surface area contributed by atoms with E-state index in [1.165, 1.54) is 18.2 Å². The van der Waals surface area contributed by atoms with Crippen molar-refractivity contribution in [1.82, 2.24) is 19.8 Å². The summed E-state index contributed by atoms with van der Waals surface area (Å²) in [5, 5.41) is 2.96. The quantitative estimate of drug-likeness (QED) is 0.775. The molecule has 0 aliphatic carbocycles. The van der Waals surface area contributed by atoms with Crippen LogP contribution in [-0.2, 0) is 24.2 Å². The van der Waals surface area contributed by atoms with E-state index in [9.17, 15) is 18.8 Å². The molecule has 0 saturated heterocycles. The van der Waals surface area contributed by atoms with Gasteiger partial charge in [0, 0.05) is 37.9 Å². The summed E-state index contributed by atoms with van der Waals surface area (Å²) in [4.78, 5) is 44.8. The second-order valence-electron chi connectivity index (χ2n) is 9.06. The second-order valence-corrected chi connectivity index (χ2v) is 9.06. The third-order valence-corrected chi connectivity index (χ3v) is 6.13. The number of halogens is 1. The monoisotopic (exact) mass is 440 g/mol. The molecule has 2 aliphatic heterocycles. The average Bonchev–Trinajstić information content (AvgIpc) is 2.76. The zero-order valence-corrected chi connectivity index (χ0v) is 18.6. The zero-order valence-electron chi connectivity index (χ0n) is 18.6. The van der Waals surface area contributed by atoms with E-state index in [2.05, 4.69) is 5.32 Å². The van der Waals surface area contributed by atoms with Gasteiger partial charge >= 0.3 is 0 Å². The smallest absolute Gasteiger partial charge is 0.259 e. The lowest BCUT2D eigenvalue weighted by Gasteiger charge is -2.32. The Morgan fingerprint density at radius 2 is 2.09 bits per heavy atom. The molecule has 0 saturated carbocycles. The van der Waals surface area contributed by atoms with Gasteiger partial charge in [0.05, 0.1) is 23.8 Å².